The van der Waals surface area contributed by atoms with Crippen molar-refractivity contribution < 1.29 is 23.2 Å². The van der Waals surface area contributed by atoms with Crippen LogP contribution in [0.1, 0.15) is 40.0 Å². The van der Waals surface area contributed by atoms with Crippen molar-refractivity contribution in [2.24, 2.45) is 5.92 Å². The average molecular weight is 253 g/mol. The minimum absolute atomic E-state index is 0.121. The Bertz CT molecular complexity index is 253. The van der Waals surface area contributed by atoms with E-state index in [-0.39, 0.29) is 6.42 Å². The van der Waals surface area contributed by atoms with Gasteiger partial charge in [-0.15, -0.1) is 9.42 Å². The molecule has 2 atom stereocenters. The third kappa shape index (κ3) is 6.99. The zero-order valence-electron chi connectivity index (χ0n) is 9.90. The molecule has 0 spiro atoms. The number of carbonyl (C=O) groups excluding carboxylic acids is 1. The molecule has 0 fully saturated rings. The van der Waals surface area contributed by atoms with E-state index in [0.717, 1.165) is 6.42 Å². The normalized spacial score (nSPS) is 16.0. The lowest BCUT2D eigenvalue weighted by molar-refractivity contribution is -0.132. The SMILES string of the molecule is CC(C)CCCC(C)(F)C(=O)CO[P+](=O)O. The van der Waals surface area contributed by atoms with E-state index in [1.54, 1.807) is 0 Å². The summed E-state index contributed by atoms with van der Waals surface area (Å²) in [6, 6.07) is 0. The van der Waals surface area contributed by atoms with Crippen LogP contribution < -0.4 is 0 Å². The molecule has 0 aliphatic rings. The van der Waals surface area contributed by atoms with Gasteiger partial charge in [0, 0.05) is 4.57 Å². The van der Waals surface area contributed by atoms with Gasteiger partial charge in [0.05, 0.1) is 0 Å². The Labute approximate surface area is 96.1 Å². The van der Waals surface area contributed by atoms with E-state index in [2.05, 4.69) is 4.52 Å². The zero-order valence-corrected chi connectivity index (χ0v) is 10.8. The summed E-state index contributed by atoms with van der Waals surface area (Å²) in [5, 5.41) is 0. The Morgan fingerprint density at radius 3 is 2.56 bits per heavy atom. The van der Waals surface area contributed by atoms with E-state index in [4.69, 9.17) is 4.89 Å². The van der Waals surface area contributed by atoms with Crippen molar-refractivity contribution in [2.75, 3.05) is 6.61 Å². The molecular weight excluding hydrogens is 234 g/mol. The van der Waals surface area contributed by atoms with Crippen LogP contribution >= 0.6 is 8.25 Å². The predicted octanol–water partition coefficient (Wildman–Crippen LogP) is 2.78. The van der Waals surface area contributed by atoms with Gasteiger partial charge in [0.2, 0.25) is 0 Å². The number of carbonyl (C=O) groups is 1. The van der Waals surface area contributed by atoms with Crippen molar-refractivity contribution in [3.8, 4) is 0 Å². The Morgan fingerprint density at radius 1 is 1.56 bits per heavy atom. The molecule has 0 heterocycles. The van der Waals surface area contributed by atoms with Gasteiger partial charge in [-0.3, -0.25) is 4.79 Å². The second-order valence-corrected chi connectivity index (χ2v) is 5.15. The molecule has 0 saturated heterocycles. The Balaban J connectivity index is 4.00. The van der Waals surface area contributed by atoms with Gasteiger partial charge < -0.3 is 0 Å². The van der Waals surface area contributed by atoms with Gasteiger partial charge in [0.15, 0.2) is 18.1 Å². The van der Waals surface area contributed by atoms with Crippen molar-refractivity contribution in [1.29, 1.82) is 0 Å². The predicted molar refractivity (Wildman–Crippen MR) is 59.0 cm³/mol. The van der Waals surface area contributed by atoms with E-state index in [0.29, 0.717) is 12.3 Å². The highest BCUT2D eigenvalue weighted by atomic mass is 31.1. The number of rotatable bonds is 8. The summed E-state index contributed by atoms with van der Waals surface area (Å²) in [6.45, 7) is 4.58. The summed E-state index contributed by atoms with van der Waals surface area (Å²) >= 11 is 0. The van der Waals surface area contributed by atoms with E-state index in [9.17, 15) is 13.8 Å². The zero-order chi connectivity index (χ0) is 12.8. The topological polar surface area (TPSA) is 63.6 Å². The first-order chi connectivity index (χ1) is 7.25. The minimum atomic E-state index is -2.84. The first kappa shape index (κ1) is 15.6. The molecular formula is C10H19FO4P+. The molecule has 0 amide bonds. The van der Waals surface area contributed by atoms with Gasteiger partial charge in [0.25, 0.3) is 0 Å². The monoisotopic (exact) mass is 253 g/mol. The molecule has 0 aliphatic carbocycles. The lowest BCUT2D eigenvalue weighted by atomic mass is 9.94. The largest absolute Gasteiger partial charge is 0.695 e. The van der Waals surface area contributed by atoms with Crippen LogP contribution in [0.4, 0.5) is 4.39 Å². The summed E-state index contributed by atoms with van der Waals surface area (Å²) in [4.78, 5) is 19.6. The molecule has 0 rings (SSSR count). The van der Waals surface area contributed by atoms with Gasteiger partial charge >= 0.3 is 8.25 Å². The second-order valence-electron chi connectivity index (χ2n) is 4.42. The summed E-state index contributed by atoms with van der Waals surface area (Å²) in [5.74, 6) is -0.317. The molecule has 0 bridgehead atoms. The molecule has 4 nitrogen and oxygen atoms in total. The number of hydrogen-bond acceptors (Lipinski definition) is 3. The fourth-order valence-corrected chi connectivity index (χ4v) is 1.47. The van der Waals surface area contributed by atoms with Crippen molar-refractivity contribution in [3.05, 3.63) is 0 Å². The van der Waals surface area contributed by atoms with Crippen LogP contribution in [0.15, 0.2) is 0 Å². The first-order valence-corrected chi connectivity index (χ1v) is 6.40. The highest BCUT2D eigenvalue weighted by Crippen LogP contribution is 2.23. The fraction of sp³-hybridized carbons (Fsp3) is 0.900. The van der Waals surface area contributed by atoms with Crippen LogP contribution in [0.2, 0.25) is 0 Å². The number of halogens is 1. The van der Waals surface area contributed by atoms with E-state index in [1.807, 2.05) is 13.8 Å². The summed E-state index contributed by atoms with van der Waals surface area (Å²) in [6.07, 6.45) is 1.58. The molecule has 1 N–H and O–H groups in total. The van der Waals surface area contributed by atoms with Crippen molar-refractivity contribution in [3.63, 3.8) is 0 Å². The molecule has 0 aromatic carbocycles. The maximum atomic E-state index is 13.8. The van der Waals surface area contributed by atoms with Crippen LogP contribution in [0.5, 0.6) is 0 Å². The second kappa shape index (κ2) is 7.05. The molecule has 16 heavy (non-hydrogen) atoms. The first-order valence-electron chi connectivity index (χ1n) is 5.27. The third-order valence-electron chi connectivity index (χ3n) is 2.32. The molecule has 0 aliphatic heterocycles. The number of hydrogen-bond donors (Lipinski definition) is 1. The molecule has 6 heteroatoms. The minimum Gasteiger partial charge on any atom is -0.293 e. The van der Waals surface area contributed by atoms with Crippen LogP contribution in [-0.2, 0) is 13.9 Å². The number of ketones is 1. The molecule has 0 aromatic rings. The molecule has 0 radical (unpaired) electrons. The summed E-state index contributed by atoms with van der Waals surface area (Å²) in [5.41, 5.74) is -1.97. The van der Waals surface area contributed by atoms with Crippen LogP contribution in [0.25, 0.3) is 0 Å². The Hall–Kier alpha value is -0.380. The lowest BCUT2D eigenvalue weighted by Crippen LogP contribution is -2.33. The van der Waals surface area contributed by atoms with E-state index >= 15 is 0 Å². The standard InChI is InChI=1S/C10H18FO4P/c1-8(2)5-4-6-10(3,11)9(12)7-15-16(13)14/h8H,4-7H2,1-3H3/p+1. The fourth-order valence-electron chi connectivity index (χ4n) is 1.25. The highest BCUT2D eigenvalue weighted by molar-refractivity contribution is 7.32. The van der Waals surface area contributed by atoms with E-state index in [1.165, 1.54) is 6.92 Å². The van der Waals surface area contributed by atoms with Gasteiger partial charge in [0.1, 0.15) is 0 Å². The molecule has 94 valence electrons. The lowest BCUT2D eigenvalue weighted by Gasteiger charge is -2.17. The van der Waals surface area contributed by atoms with Crippen LogP contribution in [-0.4, -0.2) is 23.0 Å². The number of alkyl halides is 1. The van der Waals surface area contributed by atoms with Gasteiger partial charge in [-0.2, -0.15) is 0 Å². The third-order valence-corrected chi connectivity index (χ3v) is 2.67. The van der Waals surface area contributed by atoms with Gasteiger partial charge in [-0.05, 0) is 25.7 Å². The van der Waals surface area contributed by atoms with Gasteiger partial charge in [-0.25, -0.2) is 4.39 Å². The highest BCUT2D eigenvalue weighted by Gasteiger charge is 2.34. The maximum absolute atomic E-state index is 13.8. The Kier molecular flexibility index (Phi) is 6.88. The van der Waals surface area contributed by atoms with Crippen LogP contribution in [0.3, 0.4) is 0 Å². The summed E-state index contributed by atoms with van der Waals surface area (Å²) < 4.78 is 28.2. The molecule has 0 saturated carbocycles. The molecule has 0 aromatic heterocycles. The summed E-state index contributed by atoms with van der Waals surface area (Å²) in [7, 11) is -2.84. The van der Waals surface area contributed by atoms with Crippen molar-refractivity contribution in [1.82, 2.24) is 0 Å². The van der Waals surface area contributed by atoms with Gasteiger partial charge in [-0.1, -0.05) is 20.3 Å². The van der Waals surface area contributed by atoms with E-state index < -0.39 is 26.3 Å². The smallest absolute Gasteiger partial charge is 0.293 e. The molecule has 2 unspecified atom stereocenters. The average Bonchev–Trinajstić information content (AvgIpc) is 2.12. The quantitative estimate of drug-likeness (QED) is 0.675. The maximum Gasteiger partial charge on any atom is 0.695 e. The number of Topliss-reactive ketones (excluding diaryl/α,β-unsaturated/α-hetero) is 1. The Morgan fingerprint density at radius 2 is 2.12 bits per heavy atom. The van der Waals surface area contributed by atoms with Crippen molar-refractivity contribution >= 4 is 14.0 Å². The van der Waals surface area contributed by atoms with Crippen LogP contribution in [0, 0.1) is 5.92 Å². The van der Waals surface area contributed by atoms with Crippen molar-refractivity contribution in [2.45, 2.75) is 45.7 Å².